The number of hydrogen-bond acceptors (Lipinski definition) is 3. The van der Waals surface area contributed by atoms with E-state index in [1.54, 1.807) is 18.2 Å². The van der Waals surface area contributed by atoms with E-state index in [2.05, 4.69) is 12.6 Å². The first-order chi connectivity index (χ1) is 4.72. The van der Waals surface area contributed by atoms with Crippen LogP contribution in [-0.4, -0.2) is 15.4 Å². The zero-order chi connectivity index (χ0) is 7.56. The molecule has 0 saturated heterocycles. The zero-order valence-corrected chi connectivity index (χ0v) is 5.94. The van der Waals surface area contributed by atoms with Crippen molar-refractivity contribution < 1.29 is 5.03 Å². The first-order valence-electron chi connectivity index (χ1n) is 2.67. The summed E-state index contributed by atoms with van der Waals surface area (Å²) in [5.41, 5.74) is 0. The average molecular weight is 158 g/mol. The number of rotatable bonds is 1. The second-order valence-electron chi connectivity index (χ2n) is 1.76. The minimum absolute atomic E-state index is 0.444. The third kappa shape index (κ3) is 1.30. The van der Waals surface area contributed by atoms with Crippen molar-refractivity contribution in [2.24, 2.45) is 0 Å². The molecule has 1 aliphatic heterocycles. The van der Waals surface area contributed by atoms with Crippen molar-refractivity contribution in [2.75, 3.05) is 0 Å². The normalized spacial score (nSPS) is 23.3. The van der Waals surface area contributed by atoms with Crippen LogP contribution in [0, 0.1) is 10.1 Å². The SMILES string of the molecule is O=[N+]([O-])N1C=CC=CC1S. The van der Waals surface area contributed by atoms with Crippen molar-refractivity contribution in [3.63, 3.8) is 0 Å². The molecule has 0 aromatic carbocycles. The van der Waals surface area contributed by atoms with Gasteiger partial charge in [-0.15, -0.1) is 12.6 Å². The van der Waals surface area contributed by atoms with E-state index < -0.39 is 10.4 Å². The highest BCUT2D eigenvalue weighted by Crippen LogP contribution is 2.10. The summed E-state index contributed by atoms with van der Waals surface area (Å²) >= 11 is 3.94. The van der Waals surface area contributed by atoms with Gasteiger partial charge in [-0.05, 0) is 12.2 Å². The van der Waals surface area contributed by atoms with Gasteiger partial charge in [0.05, 0.1) is 6.20 Å². The molecule has 0 radical (unpaired) electrons. The average Bonchev–Trinajstić information content (AvgIpc) is 1.88. The fraction of sp³-hybridized carbons (Fsp3) is 0.200. The summed E-state index contributed by atoms with van der Waals surface area (Å²) in [5, 5.41) is 10.1. The van der Waals surface area contributed by atoms with Crippen LogP contribution in [0.5, 0.6) is 0 Å². The van der Waals surface area contributed by atoms with Crippen molar-refractivity contribution in [3.05, 3.63) is 34.5 Å². The topological polar surface area (TPSA) is 46.4 Å². The van der Waals surface area contributed by atoms with E-state index in [1.165, 1.54) is 6.20 Å². The molecule has 0 amide bonds. The van der Waals surface area contributed by atoms with Crippen molar-refractivity contribution in [1.82, 2.24) is 5.01 Å². The second kappa shape index (κ2) is 2.74. The van der Waals surface area contributed by atoms with Crippen LogP contribution in [0.2, 0.25) is 0 Å². The van der Waals surface area contributed by atoms with Gasteiger partial charge in [-0.1, -0.05) is 11.1 Å². The highest BCUT2D eigenvalue weighted by molar-refractivity contribution is 7.81. The van der Waals surface area contributed by atoms with Crippen molar-refractivity contribution in [3.8, 4) is 0 Å². The third-order valence-electron chi connectivity index (χ3n) is 1.09. The lowest BCUT2D eigenvalue weighted by Gasteiger charge is -2.15. The Morgan fingerprint density at radius 1 is 1.60 bits per heavy atom. The minimum Gasteiger partial charge on any atom is -0.234 e. The number of hydrogen-bond donors (Lipinski definition) is 1. The maximum absolute atomic E-state index is 10.2. The number of nitro groups is 1. The van der Waals surface area contributed by atoms with E-state index in [0.717, 1.165) is 5.01 Å². The van der Waals surface area contributed by atoms with Crippen LogP contribution in [-0.2, 0) is 0 Å². The fourth-order valence-corrected chi connectivity index (χ4v) is 0.889. The Hall–Kier alpha value is -0.970. The number of allylic oxidation sites excluding steroid dienone is 2. The Kier molecular flexibility index (Phi) is 1.96. The van der Waals surface area contributed by atoms with E-state index in [4.69, 9.17) is 0 Å². The van der Waals surface area contributed by atoms with Crippen LogP contribution in [0.3, 0.4) is 0 Å². The van der Waals surface area contributed by atoms with E-state index in [0.29, 0.717) is 0 Å². The molecular formula is C5H6N2O2S. The summed E-state index contributed by atoms with van der Waals surface area (Å²) in [4.78, 5) is 10.2. The maximum Gasteiger partial charge on any atom is 0.165 e. The van der Waals surface area contributed by atoms with Gasteiger partial charge >= 0.3 is 0 Å². The lowest BCUT2D eigenvalue weighted by Crippen LogP contribution is -2.31. The van der Waals surface area contributed by atoms with Crippen LogP contribution in [0.4, 0.5) is 0 Å². The Morgan fingerprint density at radius 3 is 2.70 bits per heavy atom. The molecular weight excluding hydrogens is 152 g/mol. The van der Waals surface area contributed by atoms with Crippen LogP contribution in [0.15, 0.2) is 24.4 Å². The van der Waals surface area contributed by atoms with Crippen LogP contribution < -0.4 is 0 Å². The molecule has 5 heteroatoms. The molecule has 0 N–H and O–H groups in total. The summed E-state index contributed by atoms with van der Waals surface area (Å²) in [6, 6.07) is 0. The number of hydrazine groups is 1. The van der Waals surface area contributed by atoms with Crippen molar-refractivity contribution in [1.29, 1.82) is 0 Å². The molecule has 1 unspecified atom stereocenters. The molecule has 54 valence electrons. The van der Waals surface area contributed by atoms with Crippen molar-refractivity contribution in [2.45, 2.75) is 5.37 Å². The van der Waals surface area contributed by atoms with Gasteiger partial charge in [0.2, 0.25) is 0 Å². The molecule has 4 nitrogen and oxygen atoms in total. The largest absolute Gasteiger partial charge is 0.234 e. The predicted octanol–water partition coefficient (Wildman–Crippen LogP) is 0.819. The predicted molar refractivity (Wildman–Crippen MR) is 39.9 cm³/mol. The first-order valence-corrected chi connectivity index (χ1v) is 3.19. The Morgan fingerprint density at radius 2 is 2.30 bits per heavy atom. The summed E-state index contributed by atoms with van der Waals surface area (Å²) in [6.45, 7) is 0. The Bertz CT molecular complexity index is 202. The van der Waals surface area contributed by atoms with Gasteiger partial charge < -0.3 is 0 Å². The molecule has 0 aliphatic carbocycles. The van der Waals surface area contributed by atoms with Gasteiger partial charge in [0.15, 0.2) is 10.4 Å². The molecule has 0 aromatic heterocycles. The zero-order valence-electron chi connectivity index (χ0n) is 5.04. The quantitative estimate of drug-likeness (QED) is 0.349. The van der Waals surface area contributed by atoms with Gasteiger partial charge in [0.1, 0.15) is 0 Å². The monoisotopic (exact) mass is 158 g/mol. The van der Waals surface area contributed by atoms with E-state index in [9.17, 15) is 10.1 Å². The second-order valence-corrected chi connectivity index (χ2v) is 2.29. The summed E-state index contributed by atoms with van der Waals surface area (Å²) < 4.78 is 0. The van der Waals surface area contributed by atoms with E-state index in [-0.39, 0.29) is 0 Å². The van der Waals surface area contributed by atoms with Gasteiger partial charge in [0, 0.05) is 0 Å². The molecule has 1 rings (SSSR count). The summed E-state index contributed by atoms with van der Waals surface area (Å²) in [7, 11) is 0. The molecule has 1 heterocycles. The molecule has 1 aliphatic rings. The number of thiol groups is 1. The van der Waals surface area contributed by atoms with Gasteiger partial charge in [-0.25, -0.2) is 10.1 Å². The fourth-order valence-electron chi connectivity index (χ4n) is 0.629. The highest BCUT2D eigenvalue weighted by Gasteiger charge is 2.18. The van der Waals surface area contributed by atoms with Crippen LogP contribution >= 0.6 is 12.6 Å². The molecule has 0 aromatic rings. The lowest BCUT2D eigenvalue weighted by atomic mass is 10.4. The van der Waals surface area contributed by atoms with Crippen molar-refractivity contribution >= 4 is 12.6 Å². The van der Waals surface area contributed by atoms with Crippen LogP contribution in [0.1, 0.15) is 0 Å². The summed E-state index contributed by atoms with van der Waals surface area (Å²) in [5.74, 6) is 0. The molecule has 0 saturated carbocycles. The highest BCUT2D eigenvalue weighted by atomic mass is 32.1. The Labute approximate surface area is 63.4 Å². The third-order valence-corrected chi connectivity index (χ3v) is 1.50. The molecule has 10 heavy (non-hydrogen) atoms. The standard InChI is InChI=1S/C5H6N2O2S/c8-7(9)6-4-2-1-3-5(6)10/h1-5,10H. The van der Waals surface area contributed by atoms with E-state index >= 15 is 0 Å². The van der Waals surface area contributed by atoms with Gasteiger partial charge in [0.25, 0.3) is 0 Å². The molecule has 0 spiro atoms. The van der Waals surface area contributed by atoms with Crippen LogP contribution in [0.25, 0.3) is 0 Å². The smallest absolute Gasteiger partial charge is 0.165 e. The lowest BCUT2D eigenvalue weighted by molar-refractivity contribution is -0.640. The van der Waals surface area contributed by atoms with E-state index in [1.807, 2.05) is 0 Å². The first kappa shape index (κ1) is 7.14. The molecule has 1 atom stereocenters. The number of nitrogens with zero attached hydrogens (tertiary/aromatic N) is 2. The van der Waals surface area contributed by atoms with Gasteiger partial charge in [-0.2, -0.15) is 0 Å². The maximum atomic E-state index is 10.2. The molecule has 0 fully saturated rings. The minimum atomic E-state index is -0.502. The Balaban J connectivity index is 2.70. The molecule has 0 bridgehead atoms. The van der Waals surface area contributed by atoms with Gasteiger partial charge in [-0.3, -0.25) is 0 Å². The summed E-state index contributed by atoms with van der Waals surface area (Å²) in [6.07, 6.45) is 6.32.